The van der Waals surface area contributed by atoms with Crippen LogP contribution in [0.1, 0.15) is 32.4 Å². The summed E-state index contributed by atoms with van der Waals surface area (Å²) in [6, 6.07) is 10.2. The summed E-state index contributed by atoms with van der Waals surface area (Å²) in [7, 11) is 0. The van der Waals surface area contributed by atoms with E-state index < -0.39 is 0 Å². The highest BCUT2D eigenvalue weighted by atomic mass is 15.2. The maximum Gasteiger partial charge on any atom is 0.207 e. The van der Waals surface area contributed by atoms with Crippen molar-refractivity contribution in [3.8, 4) is 0 Å². The number of benzene rings is 1. The summed E-state index contributed by atoms with van der Waals surface area (Å²) in [5, 5.41) is 3.38. The zero-order valence-electron chi connectivity index (χ0n) is 12.1. The van der Waals surface area contributed by atoms with Gasteiger partial charge in [-0.1, -0.05) is 32.0 Å². The number of rotatable bonds is 6. The number of aromatic nitrogens is 2. The van der Waals surface area contributed by atoms with Crippen molar-refractivity contribution in [1.82, 2.24) is 9.55 Å². The number of aryl methyl sites for hydroxylation is 2. The summed E-state index contributed by atoms with van der Waals surface area (Å²) >= 11 is 0. The second-order valence-electron chi connectivity index (χ2n) is 5.43. The molecule has 102 valence electrons. The van der Waals surface area contributed by atoms with E-state index in [0.717, 1.165) is 29.8 Å². The molecule has 0 atom stereocenters. The summed E-state index contributed by atoms with van der Waals surface area (Å²) in [5.74, 6) is 1.70. The predicted octanol–water partition coefficient (Wildman–Crippen LogP) is 4.37. The summed E-state index contributed by atoms with van der Waals surface area (Å²) in [5.41, 5.74) is 2.14. The van der Waals surface area contributed by atoms with Gasteiger partial charge in [-0.05, 0) is 37.8 Å². The molecule has 1 aromatic carbocycles. The van der Waals surface area contributed by atoms with Crippen LogP contribution in [0.4, 0.5) is 11.6 Å². The zero-order valence-corrected chi connectivity index (χ0v) is 12.1. The third-order valence-corrected chi connectivity index (χ3v) is 3.11. The van der Waals surface area contributed by atoms with Crippen molar-refractivity contribution in [1.29, 1.82) is 0 Å². The normalized spacial score (nSPS) is 10.9. The van der Waals surface area contributed by atoms with Crippen LogP contribution in [-0.4, -0.2) is 9.55 Å². The minimum Gasteiger partial charge on any atom is -0.326 e. The van der Waals surface area contributed by atoms with E-state index in [1.165, 1.54) is 12.8 Å². The first-order valence-corrected chi connectivity index (χ1v) is 7.01. The molecule has 0 fully saturated rings. The highest BCUT2D eigenvalue weighted by Gasteiger charge is 2.06. The molecule has 0 spiro atoms. The first kappa shape index (κ1) is 13.7. The number of nitrogens with one attached hydrogen (secondary N) is 1. The fourth-order valence-electron chi connectivity index (χ4n) is 2.14. The lowest BCUT2D eigenvalue weighted by Gasteiger charge is -2.10. The lowest BCUT2D eigenvalue weighted by Crippen LogP contribution is -2.04. The molecule has 2 rings (SSSR count). The Morgan fingerprint density at radius 3 is 2.63 bits per heavy atom. The van der Waals surface area contributed by atoms with E-state index >= 15 is 0 Å². The van der Waals surface area contributed by atoms with E-state index in [4.69, 9.17) is 0 Å². The number of anilines is 2. The Hall–Kier alpha value is -1.77. The highest BCUT2D eigenvalue weighted by Crippen LogP contribution is 2.17. The molecule has 0 saturated carbocycles. The van der Waals surface area contributed by atoms with Crippen LogP contribution in [0.2, 0.25) is 0 Å². The predicted molar refractivity (Wildman–Crippen MR) is 80.8 cm³/mol. The van der Waals surface area contributed by atoms with E-state index in [9.17, 15) is 0 Å². The van der Waals surface area contributed by atoms with Crippen molar-refractivity contribution < 1.29 is 0 Å². The van der Waals surface area contributed by atoms with Gasteiger partial charge in [0.2, 0.25) is 5.95 Å². The van der Waals surface area contributed by atoms with Crippen molar-refractivity contribution in [2.24, 2.45) is 5.92 Å². The molecule has 0 unspecified atom stereocenters. The van der Waals surface area contributed by atoms with Crippen LogP contribution in [0, 0.1) is 12.8 Å². The van der Waals surface area contributed by atoms with Crippen LogP contribution in [0.5, 0.6) is 0 Å². The average Bonchev–Trinajstić information content (AvgIpc) is 2.70. The van der Waals surface area contributed by atoms with Crippen molar-refractivity contribution in [2.45, 2.75) is 40.2 Å². The summed E-state index contributed by atoms with van der Waals surface area (Å²) in [4.78, 5) is 4.56. The molecular formula is C16H23N3. The lowest BCUT2D eigenvalue weighted by atomic mass is 10.1. The molecule has 3 nitrogen and oxygen atoms in total. The van der Waals surface area contributed by atoms with Gasteiger partial charge in [0.25, 0.3) is 0 Å². The number of nitrogens with zero attached hydrogens (tertiary/aromatic N) is 2. The Labute approximate surface area is 115 Å². The number of para-hydroxylation sites is 1. The van der Waals surface area contributed by atoms with Gasteiger partial charge in [-0.2, -0.15) is 0 Å². The van der Waals surface area contributed by atoms with Gasteiger partial charge in [-0.3, -0.25) is 0 Å². The molecule has 3 heteroatoms. The van der Waals surface area contributed by atoms with E-state index in [1.54, 1.807) is 0 Å². The molecule has 0 bridgehead atoms. The molecule has 1 heterocycles. The fraction of sp³-hybridized carbons (Fsp3) is 0.438. The van der Waals surface area contributed by atoms with Gasteiger partial charge >= 0.3 is 0 Å². The van der Waals surface area contributed by atoms with E-state index in [1.807, 2.05) is 25.1 Å². The highest BCUT2D eigenvalue weighted by molar-refractivity contribution is 5.53. The SMILES string of the molecule is Cc1cn(CCCC(C)C)c(Nc2ccccc2)n1. The van der Waals surface area contributed by atoms with Gasteiger partial charge in [0.15, 0.2) is 0 Å². The van der Waals surface area contributed by atoms with E-state index in [2.05, 4.69) is 47.0 Å². The molecule has 1 N–H and O–H groups in total. The molecule has 2 aromatic rings. The monoisotopic (exact) mass is 257 g/mol. The Morgan fingerprint density at radius 1 is 1.21 bits per heavy atom. The van der Waals surface area contributed by atoms with E-state index in [0.29, 0.717) is 0 Å². The Kier molecular flexibility index (Phi) is 4.61. The topological polar surface area (TPSA) is 29.9 Å². The molecule has 0 aliphatic rings. The van der Waals surface area contributed by atoms with Crippen LogP contribution in [0.25, 0.3) is 0 Å². The largest absolute Gasteiger partial charge is 0.326 e. The molecular weight excluding hydrogens is 234 g/mol. The van der Waals surface area contributed by atoms with Crippen molar-refractivity contribution in [3.05, 3.63) is 42.2 Å². The third-order valence-electron chi connectivity index (χ3n) is 3.11. The summed E-state index contributed by atoms with van der Waals surface area (Å²) in [6.45, 7) is 7.59. The third kappa shape index (κ3) is 4.12. The minimum atomic E-state index is 0.759. The molecule has 0 aliphatic carbocycles. The summed E-state index contributed by atoms with van der Waals surface area (Å²) in [6.07, 6.45) is 4.56. The van der Waals surface area contributed by atoms with Gasteiger partial charge < -0.3 is 9.88 Å². The number of imidazole rings is 1. The average molecular weight is 257 g/mol. The zero-order chi connectivity index (χ0) is 13.7. The Morgan fingerprint density at radius 2 is 1.95 bits per heavy atom. The first-order chi connectivity index (χ1) is 9.15. The fourth-order valence-corrected chi connectivity index (χ4v) is 2.14. The quantitative estimate of drug-likeness (QED) is 0.832. The Bertz CT molecular complexity index is 500. The number of hydrogen-bond acceptors (Lipinski definition) is 2. The standard InChI is InChI=1S/C16H23N3/c1-13(2)8-7-11-19-12-14(3)17-16(19)18-15-9-5-4-6-10-15/h4-6,9-10,12-13H,7-8,11H2,1-3H3,(H,17,18). The van der Waals surface area contributed by atoms with Gasteiger partial charge in [0, 0.05) is 18.4 Å². The van der Waals surface area contributed by atoms with Crippen LogP contribution in [0.3, 0.4) is 0 Å². The molecule has 0 aliphatic heterocycles. The second-order valence-corrected chi connectivity index (χ2v) is 5.43. The van der Waals surface area contributed by atoms with Gasteiger partial charge in [0.05, 0.1) is 5.69 Å². The molecule has 19 heavy (non-hydrogen) atoms. The molecule has 1 aromatic heterocycles. The van der Waals surface area contributed by atoms with Crippen LogP contribution < -0.4 is 5.32 Å². The van der Waals surface area contributed by atoms with Crippen LogP contribution >= 0.6 is 0 Å². The van der Waals surface area contributed by atoms with Crippen LogP contribution in [-0.2, 0) is 6.54 Å². The van der Waals surface area contributed by atoms with Crippen molar-refractivity contribution >= 4 is 11.6 Å². The second kappa shape index (κ2) is 6.41. The summed E-state index contributed by atoms with van der Waals surface area (Å²) < 4.78 is 2.21. The molecule has 0 saturated heterocycles. The maximum atomic E-state index is 4.56. The lowest BCUT2D eigenvalue weighted by molar-refractivity contribution is 0.514. The smallest absolute Gasteiger partial charge is 0.207 e. The first-order valence-electron chi connectivity index (χ1n) is 7.01. The molecule has 0 radical (unpaired) electrons. The minimum absolute atomic E-state index is 0.759. The van der Waals surface area contributed by atoms with Crippen molar-refractivity contribution in [3.63, 3.8) is 0 Å². The van der Waals surface area contributed by atoms with Crippen LogP contribution in [0.15, 0.2) is 36.5 Å². The van der Waals surface area contributed by atoms with E-state index in [-0.39, 0.29) is 0 Å². The van der Waals surface area contributed by atoms with Crippen molar-refractivity contribution in [2.75, 3.05) is 5.32 Å². The Balaban J connectivity index is 2.04. The van der Waals surface area contributed by atoms with Gasteiger partial charge in [-0.25, -0.2) is 4.98 Å². The molecule has 0 amide bonds. The van der Waals surface area contributed by atoms with Gasteiger partial charge in [-0.15, -0.1) is 0 Å². The van der Waals surface area contributed by atoms with Gasteiger partial charge in [0.1, 0.15) is 0 Å². The maximum absolute atomic E-state index is 4.56. The number of hydrogen-bond donors (Lipinski definition) is 1.